The summed E-state index contributed by atoms with van der Waals surface area (Å²) in [4.78, 5) is 10.7. The number of carbonyl (C=O) groups is 1. The van der Waals surface area contributed by atoms with E-state index in [2.05, 4.69) is 0 Å². The van der Waals surface area contributed by atoms with Crippen molar-refractivity contribution in [3.63, 3.8) is 0 Å². The van der Waals surface area contributed by atoms with E-state index in [1.54, 1.807) is 0 Å². The van der Waals surface area contributed by atoms with Crippen LogP contribution in [0.25, 0.3) is 0 Å². The van der Waals surface area contributed by atoms with Gasteiger partial charge in [0.1, 0.15) is 5.82 Å². The van der Waals surface area contributed by atoms with Crippen LogP contribution >= 0.6 is 0 Å². The molecule has 1 aromatic carbocycles. The summed E-state index contributed by atoms with van der Waals surface area (Å²) in [6, 6.07) is 2.71. The monoisotopic (exact) mass is 301 g/mol. The third kappa shape index (κ3) is 2.55. The fraction of sp³-hybridized carbons (Fsp3) is 0.462. The highest BCUT2D eigenvalue weighted by molar-refractivity contribution is 7.89. The smallest absolute Gasteiger partial charge is 0.338 e. The molecule has 0 radical (unpaired) electrons. The highest BCUT2D eigenvalue weighted by Crippen LogP contribution is 2.29. The fourth-order valence-electron chi connectivity index (χ4n) is 2.56. The van der Waals surface area contributed by atoms with Crippen molar-refractivity contribution in [1.29, 1.82) is 0 Å². The van der Waals surface area contributed by atoms with Crippen LogP contribution in [0, 0.1) is 11.7 Å². The molecule has 1 aliphatic rings. The van der Waals surface area contributed by atoms with E-state index in [9.17, 15) is 17.6 Å². The number of carboxylic acids is 1. The van der Waals surface area contributed by atoms with Gasteiger partial charge in [-0.2, -0.15) is 4.31 Å². The minimum Gasteiger partial charge on any atom is -0.478 e. The summed E-state index contributed by atoms with van der Waals surface area (Å²) in [6.07, 6.45) is 0.756. The summed E-state index contributed by atoms with van der Waals surface area (Å²) in [6.45, 7) is 4.16. The zero-order valence-electron chi connectivity index (χ0n) is 11.2. The Morgan fingerprint density at radius 1 is 1.40 bits per heavy atom. The number of aromatic carboxylic acids is 1. The lowest BCUT2D eigenvalue weighted by atomic mass is 10.1. The maximum absolute atomic E-state index is 13.3. The van der Waals surface area contributed by atoms with Crippen LogP contribution in [0.5, 0.6) is 0 Å². The zero-order valence-corrected chi connectivity index (χ0v) is 12.0. The quantitative estimate of drug-likeness (QED) is 0.926. The maximum atomic E-state index is 13.3. The second kappa shape index (κ2) is 5.14. The van der Waals surface area contributed by atoms with Crippen LogP contribution in [-0.2, 0) is 10.0 Å². The highest BCUT2D eigenvalue weighted by atomic mass is 32.2. The van der Waals surface area contributed by atoms with Crippen LogP contribution in [0.4, 0.5) is 4.39 Å². The predicted molar refractivity (Wildman–Crippen MR) is 70.5 cm³/mol. The molecule has 1 saturated heterocycles. The Bertz CT molecular complexity index is 644. The van der Waals surface area contributed by atoms with Gasteiger partial charge < -0.3 is 5.11 Å². The molecular formula is C13H16FNO4S. The van der Waals surface area contributed by atoms with Gasteiger partial charge in [0.25, 0.3) is 0 Å². The normalized spacial score (nSPS) is 23.9. The summed E-state index contributed by atoms with van der Waals surface area (Å²) in [5.41, 5.74) is -0.633. The van der Waals surface area contributed by atoms with Crippen molar-refractivity contribution in [2.24, 2.45) is 5.92 Å². The van der Waals surface area contributed by atoms with Crippen LogP contribution in [0.3, 0.4) is 0 Å². The average Bonchev–Trinajstić information content (AvgIpc) is 2.69. The van der Waals surface area contributed by atoms with Gasteiger partial charge in [-0.15, -0.1) is 0 Å². The number of halogens is 1. The van der Waals surface area contributed by atoms with Crippen molar-refractivity contribution in [2.45, 2.75) is 31.2 Å². The summed E-state index contributed by atoms with van der Waals surface area (Å²) >= 11 is 0. The third-order valence-corrected chi connectivity index (χ3v) is 5.48. The molecule has 0 aliphatic carbocycles. The second-order valence-electron chi connectivity index (χ2n) is 5.21. The number of sulfonamides is 1. The van der Waals surface area contributed by atoms with E-state index < -0.39 is 27.4 Å². The molecule has 0 spiro atoms. The van der Waals surface area contributed by atoms with Crippen molar-refractivity contribution in [1.82, 2.24) is 4.31 Å². The molecule has 110 valence electrons. The van der Waals surface area contributed by atoms with E-state index >= 15 is 0 Å². The molecule has 0 amide bonds. The largest absolute Gasteiger partial charge is 0.478 e. The molecule has 7 heteroatoms. The van der Waals surface area contributed by atoms with E-state index in [0.717, 1.165) is 24.6 Å². The number of hydrogen-bond acceptors (Lipinski definition) is 3. The molecule has 2 atom stereocenters. The zero-order chi connectivity index (χ0) is 15.1. The lowest BCUT2D eigenvalue weighted by molar-refractivity contribution is 0.0691. The van der Waals surface area contributed by atoms with Crippen molar-refractivity contribution < 1.29 is 22.7 Å². The number of hydrogen-bond donors (Lipinski definition) is 1. The fourth-order valence-corrected chi connectivity index (χ4v) is 4.35. The van der Waals surface area contributed by atoms with E-state index in [1.807, 2.05) is 13.8 Å². The summed E-state index contributed by atoms with van der Waals surface area (Å²) < 4.78 is 39.7. The SMILES string of the molecule is CC1CC(C)N(S(=O)(=O)c2ccc(F)c(C(=O)O)c2)C1. The molecule has 0 saturated carbocycles. The Balaban J connectivity index is 2.45. The van der Waals surface area contributed by atoms with Crippen LogP contribution in [-0.4, -0.2) is 36.4 Å². The Labute approximate surface area is 117 Å². The summed E-state index contributed by atoms with van der Waals surface area (Å²) in [5.74, 6) is -2.18. The molecule has 1 aliphatic heterocycles. The molecule has 2 rings (SSSR count). The second-order valence-corrected chi connectivity index (χ2v) is 7.10. The first-order valence-corrected chi connectivity index (χ1v) is 7.72. The van der Waals surface area contributed by atoms with Gasteiger partial charge in [-0.3, -0.25) is 0 Å². The number of rotatable bonds is 3. The number of benzene rings is 1. The van der Waals surface area contributed by atoms with Gasteiger partial charge in [0, 0.05) is 12.6 Å². The average molecular weight is 301 g/mol. The van der Waals surface area contributed by atoms with Gasteiger partial charge in [-0.25, -0.2) is 17.6 Å². The van der Waals surface area contributed by atoms with E-state index in [4.69, 9.17) is 5.11 Å². The van der Waals surface area contributed by atoms with E-state index in [0.29, 0.717) is 6.54 Å². The molecular weight excluding hydrogens is 285 g/mol. The molecule has 0 aromatic heterocycles. The Morgan fingerprint density at radius 3 is 2.55 bits per heavy atom. The highest BCUT2D eigenvalue weighted by Gasteiger charge is 2.36. The van der Waals surface area contributed by atoms with Crippen molar-refractivity contribution in [3.05, 3.63) is 29.6 Å². The Kier molecular flexibility index (Phi) is 3.84. The minimum absolute atomic E-state index is 0.145. The molecule has 1 fully saturated rings. The summed E-state index contributed by atoms with van der Waals surface area (Å²) in [7, 11) is -3.79. The lowest BCUT2D eigenvalue weighted by Gasteiger charge is -2.21. The first kappa shape index (κ1) is 14.9. The third-order valence-electron chi connectivity index (χ3n) is 3.50. The summed E-state index contributed by atoms with van der Waals surface area (Å²) in [5, 5.41) is 8.87. The van der Waals surface area contributed by atoms with E-state index in [1.165, 1.54) is 4.31 Å². The number of nitrogens with zero attached hydrogens (tertiary/aromatic N) is 1. The molecule has 20 heavy (non-hydrogen) atoms. The minimum atomic E-state index is -3.79. The topological polar surface area (TPSA) is 74.7 Å². The van der Waals surface area contributed by atoms with Crippen LogP contribution in [0.15, 0.2) is 23.1 Å². The Hall–Kier alpha value is -1.47. The van der Waals surface area contributed by atoms with Crippen molar-refractivity contribution in [3.8, 4) is 0 Å². The first-order chi connectivity index (χ1) is 9.23. The van der Waals surface area contributed by atoms with Gasteiger partial charge in [0.15, 0.2) is 0 Å². The lowest BCUT2D eigenvalue weighted by Crippen LogP contribution is -2.34. The van der Waals surface area contributed by atoms with Crippen LogP contribution in [0.1, 0.15) is 30.6 Å². The van der Waals surface area contributed by atoms with Crippen LogP contribution < -0.4 is 0 Å². The number of carboxylic acid groups (broad SMARTS) is 1. The van der Waals surface area contributed by atoms with Crippen LogP contribution in [0.2, 0.25) is 0 Å². The molecule has 0 bridgehead atoms. The van der Waals surface area contributed by atoms with Crippen molar-refractivity contribution >= 4 is 16.0 Å². The molecule has 1 aromatic rings. The van der Waals surface area contributed by atoms with Gasteiger partial charge in [-0.1, -0.05) is 6.92 Å². The van der Waals surface area contributed by atoms with Crippen molar-refractivity contribution in [2.75, 3.05) is 6.54 Å². The first-order valence-electron chi connectivity index (χ1n) is 6.28. The Morgan fingerprint density at radius 2 is 2.05 bits per heavy atom. The van der Waals surface area contributed by atoms with E-state index in [-0.39, 0.29) is 16.9 Å². The predicted octanol–water partition coefficient (Wildman–Crippen LogP) is 1.94. The maximum Gasteiger partial charge on any atom is 0.338 e. The molecule has 2 unspecified atom stereocenters. The standard InChI is InChI=1S/C13H16FNO4S/c1-8-5-9(2)15(7-8)20(18,19)10-3-4-12(14)11(6-10)13(16)17/h3-4,6,8-9H,5,7H2,1-2H3,(H,16,17). The van der Waals surface area contributed by atoms with Gasteiger partial charge >= 0.3 is 5.97 Å². The van der Waals surface area contributed by atoms with Gasteiger partial charge in [0.05, 0.1) is 10.5 Å². The molecule has 5 nitrogen and oxygen atoms in total. The molecule has 1 heterocycles. The molecule has 1 N–H and O–H groups in total. The van der Waals surface area contributed by atoms with Gasteiger partial charge in [-0.05, 0) is 37.5 Å². The van der Waals surface area contributed by atoms with Gasteiger partial charge in [0.2, 0.25) is 10.0 Å².